The van der Waals surface area contributed by atoms with Gasteiger partial charge in [0.1, 0.15) is 5.60 Å². The molecule has 0 spiro atoms. The number of nitrogens with zero attached hydrogens (tertiary/aromatic N) is 2. The van der Waals surface area contributed by atoms with Crippen LogP contribution in [0.4, 0.5) is 0 Å². The van der Waals surface area contributed by atoms with E-state index in [-0.39, 0.29) is 5.78 Å². The van der Waals surface area contributed by atoms with Crippen LogP contribution in [0.25, 0.3) is 0 Å². The Morgan fingerprint density at radius 3 is 2.50 bits per heavy atom. The Kier molecular flexibility index (Phi) is 4.33. The smallest absolute Gasteiger partial charge is 0.170 e. The first-order valence-corrected chi connectivity index (χ1v) is 7.53. The van der Waals surface area contributed by atoms with E-state index in [0.29, 0.717) is 18.4 Å². The van der Waals surface area contributed by atoms with E-state index >= 15 is 0 Å². The van der Waals surface area contributed by atoms with Crippen LogP contribution in [0.3, 0.4) is 0 Å². The zero-order valence-electron chi connectivity index (χ0n) is 13.1. The van der Waals surface area contributed by atoms with Gasteiger partial charge in [0.2, 0.25) is 0 Å². The minimum Gasteiger partial charge on any atom is -0.367 e. The highest BCUT2D eigenvalue weighted by molar-refractivity contribution is 5.89. The van der Waals surface area contributed by atoms with Gasteiger partial charge in [-0.25, -0.2) is 0 Å². The number of hydrogen-bond donors (Lipinski definition) is 0. The van der Waals surface area contributed by atoms with Gasteiger partial charge in [-0.05, 0) is 44.1 Å². The molecule has 4 nitrogen and oxygen atoms in total. The molecule has 4 heteroatoms. The first-order chi connectivity index (χ1) is 9.37. The summed E-state index contributed by atoms with van der Waals surface area (Å²) in [6.07, 6.45) is 6.00. The lowest BCUT2D eigenvalue weighted by atomic mass is 9.69. The lowest BCUT2D eigenvalue weighted by Crippen LogP contribution is -2.47. The molecule has 0 unspecified atom stereocenters. The maximum atomic E-state index is 12.7. The molecule has 0 atom stereocenters. The number of ether oxygens (including phenoxy) is 1. The monoisotopic (exact) mass is 278 g/mol. The summed E-state index contributed by atoms with van der Waals surface area (Å²) < 4.78 is 7.66. The molecule has 112 valence electrons. The van der Waals surface area contributed by atoms with Gasteiger partial charge in [-0.2, -0.15) is 5.10 Å². The van der Waals surface area contributed by atoms with Crippen LogP contribution in [-0.2, 0) is 23.0 Å². The van der Waals surface area contributed by atoms with E-state index in [1.54, 1.807) is 4.68 Å². The van der Waals surface area contributed by atoms with Crippen LogP contribution in [0.15, 0.2) is 12.3 Å². The lowest BCUT2D eigenvalue weighted by Gasteiger charge is -2.42. The minimum absolute atomic E-state index is 0.188. The summed E-state index contributed by atoms with van der Waals surface area (Å²) in [5.74, 6) is 0.188. The SMILES string of the molecule is CCOC1(C(=O)Cc2ccn(C)n2)CCC(C)(C)CC1. The molecule has 1 aromatic heterocycles. The Balaban J connectivity index is 2.10. The van der Waals surface area contributed by atoms with Gasteiger partial charge in [0.25, 0.3) is 0 Å². The van der Waals surface area contributed by atoms with Crippen molar-refractivity contribution in [3.05, 3.63) is 18.0 Å². The van der Waals surface area contributed by atoms with Crippen molar-refractivity contribution in [3.63, 3.8) is 0 Å². The van der Waals surface area contributed by atoms with Crippen molar-refractivity contribution in [2.45, 2.75) is 58.5 Å². The van der Waals surface area contributed by atoms with Crippen LogP contribution in [0.1, 0.15) is 52.1 Å². The number of ketones is 1. The fourth-order valence-electron chi connectivity index (χ4n) is 2.99. The molecule has 0 aliphatic heterocycles. The van der Waals surface area contributed by atoms with Gasteiger partial charge >= 0.3 is 0 Å². The van der Waals surface area contributed by atoms with Gasteiger partial charge in [-0.15, -0.1) is 0 Å². The highest BCUT2D eigenvalue weighted by Crippen LogP contribution is 2.42. The van der Waals surface area contributed by atoms with Crippen molar-refractivity contribution in [1.82, 2.24) is 9.78 Å². The van der Waals surface area contributed by atoms with Crippen LogP contribution >= 0.6 is 0 Å². The number of Topliss-reactive ketones (excluding diaryl/α,β-unsaturated/α-hetero) is 1. The number of aromatic nitrogens is 2. The zero-order chi connectivity index (χ0) is 14.8. The Labute approximate surface area is 121 Å². The summed E-state index contributed by atoms with van der Waals surface area (Å²) in [6.45, 7) is 7.10. The molecule has 20 heavy (non-hydrogen) atoms. The Bertz CT molecular complexity index is 467. The normalized spacial score (nSPS) is 20.8. The summed E-state index contributed by atoms with van der Waals surface area (Å²) in [5.41, 5.74) is 0.578. The summed E-state index contributed by atoms with van der Waals surface area (Å²) in [5, 5.41) is 4.31. The third kappa shape index (κ3) is 3.29. The minimum atomic E-state index is -0.582. The molecule has 0 aromatic carbocycles. The quantitative estimate of drug-likeness (QED) is 0.832. The molecule has 2 rings (SSSR count). The third-order valence-corrected chi connectivity index (χ3v) is 4.45. The zero-order valence-corrected chi connectivity index (χ0v) is 13.1. The average Bonchev–Trinajstić information content (AvgIpc) is 2.78. The second kappa shape index (κ2) is 5.68. The van der Waals surface area contributed by atoms with Crippen molar-refractivity contribution in [2.24, 2.45) is 12.5 Å². The maximum absolute atomic E-state index is 12.7. The first-order valence-electron chi connectivity index (χ1n) is 7.53. The fraction of sp³-hybridized carbons (Fsp3) is 0.750. The molecular weight excluding hydrogens is 252 g/mol. The molecular formula is C16H26N2O2. The van der Waals surface area contributed by atoms with Gasteiger partial charge < -0.3 is 4.74 Å². The predicted octanol–water partition coefficient (Wildman–Crippen LogP) is 2.91. The van der Waals surface area contributed by atoms with E-state index in [1.807, 2.05) is 26.2 Å². The number of rotatable bonds is 5. The lowest BCUT2D eigenvalue weighted by molar-refractivity contribution is -0.151. The average molecular weight is 278 g/mol. The summed E-state index contributed by atoms with van der Waals surface area (Å²) in [7, 11) is 1.87. The summed E-state index contributed by atoms with van der Waals surface area (Å²) in [6, 6.07) is 1.91. The van der Waals surface area contributed by atoms with E-state index < -0.39 is 5.60 Å². The molecule has 1 aromatic rings. The van der Waals surface area contributed by atoms with Crippen LogP contribution in [0, 0.1) is 5.41 Å². The summed E-state index contributed by atoms with van der Waals surface area (Å²) >= 11 is 0. The van der Waals surface area contributed by atoms with Crippen molar-refractivity contribution >= 4 is 5.78 Å². The molecule has 1 fully saturated rings. The number of aryl methyl sites for hydroxylation is 1. The van der Waals surface area contributed by atoms with Crippen molar-refractivity contribution < 1.29 is 9.53 Å². The van der Waals surface area contributed by atoms with E-state index in [0.717, 1.165) is 31.4 Å². The van der Waals surface area contributed by atoms with E-state index in [4.69, 9.17) is 4.74 Å². The highest BCUT2D eigenvalue weighted by Gasteiger charge is 2.44. The number of carbonyl (C=O) groups is 1. The van der Waals surface area contributed by atoms with Gasteiger partial charge in [0.05, 0.1) is 12.1 Å². The van der Waals surface area contributed by atoms with Crippen LogP contribution in [0.2, 0.25) is 0 Å². The van der Waals surface area contributed by atoms with Crippen molar-refractivity contribution in [2.75, 3.05) is 6.61 Å². The Morgan fingerprint density at radius 1 is 1.35 bits per heavy atom. The van der Waals surface area contributed by atoms with Crippen LogP contribution in [0.5, 0.6) is 0 Å². The molecule has 1 heterocycles. The van der Waals surface area contributed by atoms with Gasteiger partial charge in [0.15, 0.2) is 5.78 Å². The van der Waals surface area contributed by atoms with E-state index in [9.17, 15) is 4.79 Å². The molecule has 1 saturated carbocycles. The first kappa shape index (κ1) is 15.2. The van der Waals surface area contributed by atoms with Crippen LogP contribution in [-0.4, -0.2) is 27.8 Å². The fourth-order valence-corrected chi connectivity index (χ4v) is 2.99. The molecule has 0 saturated heterocycles. The summed E-state index contributed by atoms with van der Waals surface area (Å²) in [4.78, 5) is 12.7. The van der Waals surface area contributed by atoms with Gasteiger partial charge in [-0.1, -0.05) is 13.8 Å². The van der Waals surface area contributed by atoms with E-state index in [2.05, 4.69) is 18.9 Å². The molecule has 0 amide bonds. The largest absolute Gasteiger partial charge is 0.367 e. The van der Waals surface area contributed by atoms with Crippen LogP contribution < -0.4 is 0 Å². The highest BCUT2D eigenvalue weighted by atomic mass is 16.5. The van der Waals surface area contributed by atoms with E-state index in [1.165, 1.54) is 0 Å². The molecule has 0 bridgehead atoms. The van der Waals surface area contributed by atoms with Crippen molar-refractivity contribution in [3.8, 4) is 0 Å². The predicted molar refractivity (Wildman–Crippen MR) is 78.5 cm³/mol. The molecule has 1 aliphatic rings. The Morgan fingerprint density at radius 2 is 2.00 bits per heavy atom. The standard InChI is InChI=1S/C16H26N2O2/c1-5-20-16(9-7-15(2,3)8-10-16)14(19)12-13-6-11-18(4)17-13/h6,11H,5,7-10,12H2,1-4H3. The topological polar surface area (TPSA) is 44.1 Å². The molecule has 0 radical (unpaired) electrons. The van der Waals surface area contributed by atoms with Crippen molar-refractivity contribution in [1.29, 1.82) is 0 Å². The third-order valence-electron chi connectivity index (χ3n) is 4.45. The second-order valence-corrected chi connectivity index (χ2v) is 6.67. The second-order valence-electron chi connectivity index (χ2n) is 6.67. The Hall–Kier alpha value is -1.16. The number of hydrogen-bond acceptors (Lipinski definition) is 3. The molecule has 1 aliphatic carbocycles. The maximum Gasteiger partial charge on any atom is 0.170 e. The molecule has 0 N–H and O–H groups in total. The van der Waals surface area contributed by atoms with Gasteiger partial charge in [-0.3, -0.25) is 9.48 Å². The number of carbonyl (C=O) groups excluding carboxylic acids is 1. The van der Waals surface area contributed by atoms with Gasteiger partial charge in [0, 0.05) is 19.9 Å².